The lowest BCUT2D eigenvalue weighted by atomic mass is 10.0. The van der Waals surface area contributed by atoms with E-state index >= 15 is 0 Å². The van der Waals surface area contributed by atoms with Gasteiger partial charge in [-0.2, -0.15) is 13.2 Å². The number of benzene rings is 2. The van der Waals surface area contributed by atoms with Crippen LogP contribution < -0.4 is 4.74 Å². The van der Waals surface area contributed by atoms with E-state index in [0.717, 1.165) is 30.3 Å². The molecular weight excluding hydrogens is 380 g/mol. The van der Waals surface area contributed by atoms with Crippen molar-refractivity contribution in [2.45, 2.75) is 11.1 Å². The Bertz CT molecular complexity index is 952. The quantitative estimate of drug-likeness (QED) is 0.789. The van der Waals surface area contributed by atoms with Crippen LogP contribution in [0.25, 0.3) is 11.1 Å². The third-order valence-corrected chi connectivity index (χ3v) is 4.44. The molecule has 0 heterocycles. The van der Waals surface area contributed by atoms with Crippen molar-refractivity contribution in [2.75, 3.05) is 12.9 Å². The van der Waals surface area contributed by atoms with Crippen molar-refractivity contribution in [1.29, 1.82) is 0 Å². The van der Waals surface area contributed by atoms with Gasteiger partial charge in [-0.05, 0) is 35.9 Å². The number of carboxylic acids is 1. The van der Waals surface area contributed by atoms with Gasteiger partial charge in [-0.3, -0.25) is 0 Å². The maximum atomic E-state index is 13.5. The van der Waals surface area contributed by atoms with Crippen LogP contribution in [0.4, 0.5) is 17.6 Å². The molecule has 0 saturated carbocycles. The fraction of sp³-hybridized carbons (Fsp3) is 0.188. The molecule has 2 aromatic carbocycles. The zero-order valence-corrected chi connectivity index (χ0v) is 14.0. The van der Waals surface area contributed by atoms with Crippen LogP contribution in [-0.4, -0.2) is 32.4 Å². The molecule has 0 radical (unpaired) electrons. The molecule has 0 aliphatic carbocycles. The topological polar surface area (TPSA) is 80.7 Å². The van der Waals surface area contributed by atoms with Gasteiger partial charge in [0.2, 0.25) is 0 Å². The molecule has 0 bridgehead atoms. The molecule has 2 rings (SSSR count). The van der Waals surface area contributed by atoms with Gasteiger partial charge in [0, 0.05) is 11.8 Å². The standard InChI is InChI=1S/C16H12F4O5S/c1-26(23,24)14-5-2-9(6-12(14)16(18,19)20)11-7-10(17)3-4-13(11)25-8-15(21)22/h2-7H,8H2,1H3,(H,21,22). The van der Waals surface area contributed by atoms with Crippen molar-refractivity contribution in [1.82, 2.24) is 0 Å². The van der Waals surface area contributed by atoms with E-state index in [-0.39, 0.29) is 16.9 Å². The van der Waals surface area contributed by atoms with Gasteiger partial charge in [-0.15, -0.1) is 0 Å². The van der Waals surface area contributed by atoms with Gasteiger partial charge < -0.3 is 9.84 Å². The Labute approximate surface area is 145 Å². The number of hydrogen-bond acceptors (Lipinski definition) is 4. The minimum Gasteiger partial charge on any atom is -0.481 e. The van der Waals surface area contributed by atoms with Gasteiger partial charge in [0.1, 0.15) is 11.6 Å². The smallest absolute Gasteiger partial charge is 0.417 e. The lowest BCUT2D eigenvalue weighted by molar-refractivity contribution is -0.140. The molecule has 0 atom stereocenters. The van der Waals surface area contributed by atoms with E-state index in [4.69, 9.17) is 9.84 Å². The van der Waals surface area contributed by atoms with Gasteiger partial charge in [-0.25, -0.2) is 17.6 Å². The molecule has 1 N–H and O–H groups in total. The number of sulfone groups is 1. The largest absolute Gasteiger partial charge is 0.481 e. The highest BCUT2D eigenvalue weighted by molar-refractivity contribution is 7.90. The van der Waals surface area contributed by atoms with Crippen molar-refractivity contribution in [2.24, 2.45) is 0 Å². The average molecular weight is 392 g/mol. The van der Waals surface area contributed by atoms with Crippen LogP contribution in [-0.2, 0) is 20.8 Å². The van der Waals surface area contributed by atoms with Crippen molar-refractivity contribution < 1.29 is 40.6 Å². The molecule has 10 heteroatoms. The van der Waals surface area contributed by atoms with Crippen LogP contribution in [0.2, 0.25) is 0 Å². The van der Waals surface area contributed by atoms with Crippen molar-refractivity contribution in [3.63, 3.8) is 0 Å². The molecule has 0 aliphatic rings. The van der Waals surface area contributed by atoms with E-state index in [1.807, 2.05) is 0 Å². The lowest BCUT2D eigenvalue weighted by Crippen LogP contribution is -2.13. The van der Waals surface area contributed by atoms with E-state index in [2.05, 4.69) is 0 Å². The summed E-state index contributed by atoms with van der Waals surface area (Å²) in [7, 11) is -4.16. The van der Waals surface area contributed by atoms with Gasteiger partial charge in [0.05, 0.1) is 10.5 Å². The van der Waals surface area contributed by atoms with Gasteiger partial charge >= 0.3 is 12.1 Å². The summed E-state index contributed by atoms with van der Waals surface area (Å²) >= 11 is 0. The molecular formula is C16H12F4O5S. The fourth-order valence-corrected chi connectivity index (χ4v) is 3.12. The first-order valence-corrected chi connectivity index (χ1v) is 8.84. The van der Waals surface area contributed by atoms with E-state index in [1.54, 1.807) is 0 Å². The van der Waals surface area contributed by atoms with Crippen molar-refractivity contribution >= 4 is 15.8 Å². The maximum Gasteiger partial charge on any atom is 0.417 e. The highest BCUT2D eigenvalue weighted by Crippen LogP contribution is 2.39. The third kappa shape index (κ3) is 4.51. The molecule has 0 fully saturated rings. The molecule has 0 saturated heterocycles. The second kappa shape index (κ2) is 6.94. The Morgan fingerprint density at radius 2 is 1.81 bits per heavy atom. The fourth-order valence-electron chi connectivity index (χ4n) is 2.24. The van der Waals surface area contributed by atoms with Crippen molar-refractivity contribution in [3.05, 3.63) is 47.8 Å². The molecule has 0 spiro atoms. The number of carboxylic acid groups (broad SMARTS) is 1. The molecule has 2 aromatic rings. The summed E-state index contributed by atoms with van der Waals surface area (Å²) in [6, 6.07) is 5.28. The number of rotatable bonds is 5. The number of aliphatic carboxylic acids is 1. The van der Waals surface area contributed by atoms with E-state index < -0.39 is 44.9 Å². The Morgan fingerprint density at radius 3 is 2.35 bits per heavy atom. The predicted octanol–water partition coefficient (Wildman–Crippen LogP) is 3.38. The lowest BCUT2D eigenvalue weighted by Gasteiger charge is -2.15. The highest BCUT2D eigenvalue weighted by atomic mass is 32.2. The second-order valence-corrected chi connectivity index (χ2v) is 7.29. The van der Waals surface area contributed by atoms with Crippen LogP contribution in [0, 0.1) is 5.82 Å². The van der Waals surface area contributed by atoms with Crippen LogP contribution >= 0.6 is 0 Å². The van der Waals surface area contributed by atoms with E-state index in [1.165, 1.54) is 0 Å². The monoisotopic (exact) mass is 392 g/mol. The van der Waals surface area contributed by atoms with Crippen LogP contribution in [0.5, 0.6) is 5.75 Å². The highest BCUT2D eigenvalue weighted by Gasteiger charge is 2.36. The summed E-state index contributed by atoms with van der Waals surface area (Å²) in [6.07, 6.45) is -4.33. The summed E-state index contributed by atoms with van der Waals surface area (Å²) in [5.74, 6) is -2.28. The normalized spacial score (nSPS) is 12.0. The number of halogens is 4. The first kappa shape index (κ1) is 19.7. The minimum absolute atomic E-state index is 0.142. The van der Waals surface area contributed by atoms with Crippen molar-refractivity contribution in [3.8, 4) is 16.9 Å². The Hall–Kier alpha value is -2.62. The molecule has 0 aromatic heterocycles. The molecule has 140 valence electrons. The first-order valence-electron chi connectivity index (χ1n) is 6.95. The number of hydrogen-bond donors (Lipinski definition) is 1. The summed E-state index contributed by atoms with van der Waals surface area (Å²) in [6.45, 7) is -0.786. The van der Waals surface area contributed by atoms with Gasteiger partial charge in [0.15, 0.2) is 16.4 Å². The Morgan fingerprint density at radius 1 is 1.15 bits per heavy atom. The number of ether oxygens (including phenoxy) is 1. The van der Waals surface area contributed by atoms with Crippen LogP contribution in [0.1, 0.15) is 5.56 Å². The van der Waals surface area contributed by atoms with Gasteiger partial charge in [-0.1, -0.05) is 6.07 Å². The minimum atomic E-state index is -4.97. The zero-order valence-electron chi connectivity index (χ0n) is 13.2. The number of carbonyl (C=O) groups is 1. The maximum absolute atomic E-state index is 13.5. The molecule has 0 aliphatic heterocycles. The molecule has 0 amide bonds. The first-order chi connectivity index (χ1) is 11.9. The molecule has 0 unspecified atom stereocenters. The zero-order chi connectivity index (χ0) is 19.7. The SMILES string of the molecule is CS(=O)(=O)c1ccc(-c2cc(F)ccc2OCC(=O)O)cc1C(F)(F)F. The predicted molar refractivity (Wildman–Crippen MR) is 83.1 cm³/mol. The average Bonchev–Trinajstić information content (AvgIpc) is 2.51. The van der Waals surface area contributed by atoms with Crippen LogP contribution in [0.3, 0.4) is 0 Å². The second-order valence-electron chi connectivity index (χ2n) is 5.30. The summed E-state index contributed by atoms with van der Waals surface area (Å²) in [5, 5.41) is 8.65. The van der Waals surface area contributed by atoms with E-state index in [9.17, 15) is 30.8 Å². The van der Waals surface area contributed by atoms with Crippen LogP contribution in [0.15, 0.2) is 41.3 Å². The summed E-state index contributed by atoms with van der Waals surface area (Å²) in [5.41, 5.74) is -1.73. The third-order valence-electron chi connectivity index (χ3n) is 3.29. The van der Waals surface area contributed by atoms with Gasteiger partial charge in [0.25, 0.3) is 0 Å². The summed E-state index contributed by atoms with van der Waals surface area (Å²) in [4.78, 5) is 9.70. The molecule has 26 heavy (non-hydrogen) atoms. The Kier molecular flexibility index (Phi) is 5.26. The number of alkyl halides is 3. The van der Waals surface area contributed by atoms with E-state index in [0.29, 0.717) is 12.3 Å². The molecule has 5 nitrogen and oxygen atoms in total. The summed E-state index contributed by atoms with van der Waals surface area (Å²) < 4.78 is 81.5. The Balaban J connectivity index is 2.66.